The quantitative estimate of drug-likeness (QED) is 0.335. The normalized spacial score (nSPS) is 30.6. The molecule has 31 heavy (non-hydrogen) atoms. The molecule has 0 heterocycles. The average molecular weight is 437 g/mol. The summed E-state index contributed by atoms with van der Waals surface area (Å²) in [4.78, 5) is 35.8. The molecule has 7 heteroatoms. The molecular formula is C24H33FO6. The Morgan fingerprint density at radius 1 is 0.710 bits per heavy atom. The highest BCUT2D eigenvalue weighted by molar-refractivity contribution is 5.88. The van der Waals surface area contributed by atoms with E-state index in [9.17, 15) is 14.4 Å². The van der Waals surface area contributed by atoms with E-state index in [0.29, 0.717) is 37.7 Å². The van der Waals surface area contributed by atoms with Crippen LogP contribution in [0.25, 0.3) is 0 Å². The average Bonchev–Trinajstić information content (AvgIpc) is 2.69. The van der Waals surface area contributed by atoms with Gasteiger partial charge in [-0.2, -0.15) is 0 Å². The second kappa shape index (κ2) is 10.7. The van der Waals surface area contributed by atoms with E-state index in [1.807, 2.05) is 0 Å². The topological polar surface area (TPSA) is 78.9 Å². The minimum absolute atomic E-state index is 0.0320. The molecule has 0 aromatic carbocycles. The summed E-state index contributed by atoms with van der Waals surface area (Å²) in [6.45, 7) is 15.4. The Labute approximate surface area is 183 Å². The molecule has 0 bridgehead atoms. The first-order chi connectivity index (χ1) is 14.5. The van der Waals surface area contributed by atoms with Gasteiger partial charge in [-0.3, -0.25) is 0 Å². The lowest BCUT2D eigenvalue weighted by Crippen LogP contribution is -2.45. The summed E-state index contributed by atoms with van der Waals surface area (Å²) in [5, 5.41) is 0. The van der Waals surface area contributed by atoms with Crippen molar-refractivity contribution in [2.24, 2.45) is 11.8 Å². The van der Waals surface area contributed by atoms with E-state index in [-0.39, 0.29) is 29.4 Å². The van der Waals surface area contributed by atoms with Crippen LogP contribution >= 0.6 is 0 Å². The number of carbonyl (C=O) groups is 3. The molecule has 0 aliphatic heterocycles. The highest BCUT2D eigenvalue weighted by Gasteiger charge is 2.43. The first-order valence-corrected chi connectivity index (χ1v) is 10.7. The number of esters is 3. The zero-order chi connectivity index (χ0) is 23.3. The van der Waals surface area contributed by atoms with E-state index in [0.717, 1.165) is 0 Å². The predicted octanol–water partition coefficient (Wildman–Crippen LogP) is 4.39. The van der Waals surface area contributed by atoms with Gasteiger partial charge in [-0.15, -0.1) is 0 Å². The van der Waals surface area contributed by atoms with Gasteiger partial charge in [0.1, 0.15) is 24.5 Å². The van der Waals surface area contributed by atoms with Crippen molar-refractivity contribution in [3.05, 3.63) is 36.5 Å². The fraction of sp³-hybridized carbons (Fsp3) is 0.625. The van der Waals surface area contributed by atoms with Crippen molar-refractivity contribution in [3.63, 3.8) is 0 Å². The Morgan fingerprint density at radius 3 is 1.74 bits per heavy atom. The van der Waals surface area contributed by atoms with Gasteiger partial charge in [-0.1, -0.05) is 19.7 Å². The first-order valence-electron chi connectivity index (χ1n) is 10.7. The van der Waals surface area contributed by atoms with Crippen LogP contribution in [0.1, 0.15) is 59.3 Å². The molecule has 6 nitrogen and oxygen atoms in total. The largest absolute Gasteiger partial charge is 0.459 e. The number of alkyl halides is 1. The fourth-order valence-electron chi connectivity index (χ4n) is 4.25. The van der Waals surface area contributed by atoms with Gasteiger partial charge in [-0.05, 0) is 64.7 Å². The Bertz CT molecular complexity index is 757. The zero-order valence-corrected chi connectivity index (χ0v) is 18.7. The molecule has 0 radical (unpaired) electrons. The minimum Gasteiger partial charge on any atom is -0.459 e. The van der Waals surface area contributed by atoms with E-state index in [2.05, 4.69) is 19.7 Å². The standard InChI is InChI=1S/C24H33FO6/c1-13(2)22(26)29-17-8-9-18(19(25)12-17)16-7-10-20(30-23(27)14(3)4)21(11-16)31-24(28)15(5)6/h16-21H,1,3,5,7-12H2,2,4,6H3. The molecule has 0 aromatic heterocycles. The maximum absolute atomic E-state index is 15.0. The highest BCUT2D eigenvalue weighted by atomic mass is 19.1. The zero-order valence-electron chi connectivity index (χ0n) is 18.7. The SMILES string of the molecule is C=C(C)C(=O)OC1CCC(C2CCC(OC(=O)C(=C)C)C(OC(=O)C(=C)C)C2)C(F)C1. The van der Waals surface area contributed by atoms with E-state index in [4.69, 9.17) is 14.2 Å². The molecule has 0 saturated heterocycles. The molecule has 0 spiro atoms. The van der Waals surface area contributed by atoms with E-state index >= 15 is 4.39 Å². The van der Waals surface area contributed by atoms with Crippen molar-refractivity contribution in [2.75, 3.05) is 0 Å². The van der Waals surface area contributed by atoms with Gasteiger partial charge >= 0.3 is 17.9 Å². The number of hydrogen-bond donors (Lipinski definition) is 0. The van der Waals surface area contributed by atoms with Crippen molar-refractivity contribution in [2.45, 2.75) is 83.8 Å². The molecule has 2 rings (SSSR count). The Kier molecular flexibility index (Phi) is 8.60. The van der Waals surface area contributed by atoms with Crippen molar-refractivity contribution in [1.29, 1.82) is 0 Å². The van der Waals surface area contributed by atoms with Crippen molar-refractivity contribution in [3.8, 4) is 0 Å². The van der Waals surface area contributed by atoms with Crippen LogP contribution in [0.4, 0.5) is 4.39 Å². The number of carbonyl (C=O) groups excluding carboxylic acids is 3. The fourth-order valence-corrected chi connectivity index (χ4v) is 4.25. The van der Waals surface area contributed by atoms with Crippen LogP contribution in [-0.2, 0) is 28.6 Å². The van der Waals surface area contributed by atoms with Gasteiger partial charge in [0.05, 0.1) is 0 Å². The molecule has 2 aliphatic carbocycles. The Hall–Kier alpha value is -2.44. The molecule has 0 aromatic rings. The summed E-state index contributed by atoms with van der Waals surface area (Å²) in [6.07, 6.45) is -0.0616. The van der Waals surface area contributed by atoms with Crippen LogP contribution in [0.2, 0.25) is 0 Å². The van der Waals surface area contributed by atoms with Crippen molar-refractivity contribution >= 4 is 17.9 Å². The Morgan fingerprint density at radius 2 is 1.23 bits per heavy atom. The summed E-state index contributed by atoms with van der Waals surface area (Å²) in [5.41, 5.74) is 0.802. The second-order valence-electron chi connectivity index (χ2n) is 8.82. The summed E-state index contributed by atoms with van der Waals surface area (Å²) in [5.74, 6) is -1.86. The van der Waals surface area contributed by atoms with Crippen molar-refractivity contribution in [1.82, 2.24) is 0 Å². The van der Waals surface area contributed by atoms with Crippen LogP contribution in [-0.4, -0.2) is 42.4 Å². The molecule has 0 N–H and O–H groups in total. The molecule has 0 amide bonds. The van der Waals surface area contributed by atoms with Gasteiger partial charge in [0, 0.05) is 23.1 Å². The molecule has 6 atom stereocenters. The van der Waals surface area contributed by atoms with Crippen LogP contribution in [0.3, 0.4) is 0 Å². The highest BCUT2D eigenvalue weighted by Crippen LogP contribution is 2.42. The van der Waals surface area contributed by atoms with Gasteiger partial charge in [-0.25, -0.2) is 18.8 Å². The maximum Gasteiger partial charge on any atom is 0.333 e. The summed E-state index contributed by atoms with van der Waals surface area (Å²) >= 11 is 0. The van der Waals surface area contributed by atoms with Crippen LogP contribution in [0.15, 0.2) is 36.5 Å². The monoisotopic (exact) mass is 436 g/mol. The lowest BCUT2D eigenvalue weighted by Gasteiger charge is -2.42. The lowest BCUT2D eigenvalue weighted by atomic mass is 9.70. The van der Waals surface area contributed by atoms with E-state index in [1.165, 1.54) is 0 Å². The number of halogens is 1. The minimum atomic E-state index is -1.13. The number of hydrogen-bond acceptors (Lipinski definition) is 6. The van der Waals surface area contributed by atoms with E-state index < -0.39 is 42.4 Å². The third-order valence-electron chi connectivity index (χ3n) is 5.99. The Balaban J connectivity index is 2.04. The van der Waals surface area contributed by atoms with E-state index in [1.54, 1.807) is 20.8 Å². The summed E-state index contributed by atoms with van der Waals surface area (Å²) in [6, 6.07) is 0. The molecule has 172 valence electrons. The second-order valence-corrected chi connectivity index (χ2v) is 8.82. The predicted molar refractivity (Wildman–Crippen MR) is 114 cm³/mol. The van der Waals surface area contributed by atoms with Gasteiger partial charge in [0.25, 0.3) is 0 Å². The molecule has 2 aliphatic rings. The van der Waals surface area contributed by atoms with Gasteiger partial charge in [0.2, 0.25) is 0 Å². The molecule has 2 fully saturated rings. The lowest BCUT2D eigenvalue weighted by molar-refractivity contribution is -0.170. The smallest absolute Gasteiger partial charge is 0.333 e. The van der Waals surface area contributed by atoms with Gasteiger partial charge < -0.3 is 14.2 Å². The van der Waals surface area contributed by atoms with Crippen molar-refractivity contribution < 1.29 is 33.0 Å². The molecule has 2 saturated carbocycles. The number of ether oxygens (including phenoxy) is 3. The number of rotatable bonds is 7. The van der Waals surface area contributed by atoms with Crippen LogP contribution in [0.5, 0.6) is 0 Å². The maximum atomic E-state index is 15.0. The third kappa shape index (κ3) is 6.77. The molecule has 6 unspecified atom stereocenters. The summed E-state index contributed by atoms with van der Waals surface area (Å²) in [7, 11) is 0. The molecular weight excluding hydrogens is 403 g/mol. The summed E-state index contributed by atoms with van der Waals surface area (Å²) < 4.78 is 31.4. The van der Waals surface area contributed by atoms with Crippen LogP contribution < -0.4 is 0 Å². The first kappa shape index (κ1) is 24.8. The van der Waals surface area contributed by atoms with Crippen LogP contribution in [0, 0.1) is 11.8 Å². The van der Waals surface area contributed by atoms with Gasteiger partial charge in [0.15, 0.2) is 0 Å². The third-order valence-corrected chi connectivity index (χ3v) is 5.99.